The molecular weight excluding hydrogens is 282 g/mol. The van der Waals surface area contributed by atoms with E-state index in [2.05, 4.69) is 17.1 Å². The van der Waals surface area contributed by atoms with Gasteiger partial charge in [-0.2, -0.15) is 4.98 Å². The summed E-state index contributed by atoms with van der Waals surface area (Å²) in [6, 6.07) is 0. The third kappa shape index (κ3) is 3.02. The fourth-order valence-electron chi connectivity index (χ4n) is 3.72. The van der Waals surface area contributed by atoms with E-state index in [1.165, 1.54) is 12.8 Å². The number of hydrogen-bond donors (Lipinski definition) is 0. The first-order valence-electron chi connectivity index (χ1n) is 8.23. The number of amides is 1. The van der Waals surface area contributed by atoms with Crippen LogP contribution >= 0.6 is 0 Å². The van der Waals surface area contributed by atoms with E-state index in [0.717, 1.165) is 32.2 Å². The topological polar surface area (TPSA) is 68.5 Å². The summed E-state index contributed by atoms with van der Waals surface area (Å²) in [5.74, 6) is 1.75. The minimum atomic E-state index is -0.220. The van der Waals surface area contributed by atoms with Gasteiger partial charge in [-0.25, -0.2) is 0 Å². The van der Waals surface area contributed by atoms with Crippen LogP contribution in [0, 0.1) is 5.92 Å². The summed E-state index contributed by atoms with van der Waals surface area (Å²) >= 11 is 0. The third-order valence-corrected chi connectivity index (χ3v) is 4.99. The summed E-state index contributed by atoms with van der Waals surface area (Å²) in [5.41, 5.74) is -0.220. The molecule has 2 fully saturated rings. The standard InChI is InChI=1S/C16H25N3O3/c1-16(15-17-13(10-21-2)22-18-15)8-5-9-19(11-16)14(20)12-6-3-4-7-12/h12H,3-11H2,1-2H3. The summed E-state index contributed by atoms with van der Waals surface area (Å²) < 4.78 is 10.3. The van der Waals surface area contributed by atoms with Gasteiger partial charge in [-0.05, 0) is 25.7 Å². The number of hydrogen-bond acceptors (Lipinski definition) is 5. The highest BCUT2D eigenvalue weighted by Gasteiger charge is 2.40. The van der Waals surface area contributed by atoms with Crippen LogP contribution in [0.4, 0.5) is 0 Å². The molecular formula is C16H25N3O3. The Morgan fingerprint density at radius 3 is 2.91 bits per heavy atom. The number of carbonyl (C=O) groups is 1. The molecule has 3 rings (SSSR count). The fourth-order valence-corrected chi connectivity index (χ4v) is 3.72. The van der Waals surface area contributed by atoms with Gasteiger partial charge in [-0.3, -0.25) is 4.79 Å². The molecule has 1 saturated heterocycles. The number of nitrogens with zero attached hydrogens (tertiary/aromatic N) is 3. The molecule has 122 valence electrons. The normalized spacial score (nSPS) is 26.5. The molecule has 1 unspecified atom stereocenters. The fraction of sp³-hybridized carbons (Fsp3) is 0.812. The number of methoxy groups -OCH3 is 1. The van der Waals surface area contributed by atoms with Crippen molar-refractivity contribution in [2.45, 2.75) is 57.5 Å². The van der Waals surface area contributed by atoms with Crippen molar-refractivity contribution >= 4 is 5.91 Å². The first-order valence-corrected chi connectivity index (χ1v) is 8.23. The highest BCUT2D eigenvalue weighted by Crippen LogP contribution is 2.34. The zero-order chi connectivity index (χ0) is 15.6. The van der Waals surface area contributed by atoms with Crippen molar-refractivity contribution in [1.82, 2.24) is 15.0 Å². The zero-order valence-corrected chi connectivity index (χ0v) is 13.5. The molecule has 1 amide bonds. The average molecular weight is 307 g/mol. The average Bonchev–Trinajstić information content (AvgIpc) is 3.18. The Labute approximate surface area is 131 Å². The smallest absolute Gasteiger partial charge is 0.252 e. The number of carbonyl (C=O) groups excluding carboxylic acids is 1. The SMILES string of the molecule is COCc1nc(C2(C)CCCN(C(=O)C3CCCC3)C2)no1. The Hall–Kier alpha value is -1.43. The van der Waals surface area contributed by atoms with Crippen molar-refractivity contribution in [1.29, 1.82) is 0 Å². The minimum Gasteiger partial charge on any atom is -0.375 e. The number of ether oxygens (including phenoxy) is 1. The Balaban J connectivity index is 1.71. The molecule has 0 aromatic carbocycles. The van der Waals surface area contributed by atoms with Gasteiger partial charge < -0.3 is 14.2 Å². The largest absolute Gasteiger partial charge is 0.375 e. The van der Waals surface area contributed by atoms with E-state index in [1.807, 2.05) is 4.90 Å². The molecule has 1 saturated carbocycles. The lowest BCUT2D eigenvalue weighted by molar-refractivity contribution is -0.137. The summed E-state index contributed by atoms with van der Waals surface area (Å²) in [4.78, 5) is 19.1. The zero-order valence-electron chi connectivity index (χ0n) is 13.5. The van der Waals surface area contributed by atoms with Crippen molar-refractivity contribution in [2.75, 3.05) is 20.2 Å². The third-order valence-electron chi connectivity index (χ3n) is 4.99. The molecule has 22 heavy (non-hydrogen) atoms. The Kier molecular flexibility index (Phi) is 4.47. The van der Waals surface area contributed by atoms with E-state index in [-0.39, 0.29) is 11.3 Å². The Bertz CT molecular complexity index is 524. The lowest BCUT2D eigenvalue weighted by atomic mass is 9.80. The second-order valence-corrected chi connectivity index (χ2v) is 6.85. The van der Waals surface area contributed by atoms with Gasteiger partial charge in [0.2, 0.25) is 5.91 Å². The summed E-state index contributed by atoms with van der Waals surface area (Å²) in [6.45, 7) is 4.00. The monoisotopic (exact) mass is 307 g/mol. The van der Waals surface area contributed by atoms with Crippen LogP contribution in [0.2, 0.25) is 0 Å². The van der Waals surface area contributed by atoms with Gasteiger partial charge in [-0.15, -0.1) is 0 Å². The maximum Gasteiger partial charge on any atom is 0.252 e. The van der Waals surface area contributed by atoms with Gasteiger partial charge >= 0.3 is 0 Å². The predicted molar refractivity (Wildman–Crippen MR) is 80.1 cm³/mol. The number of piperidine rings is 1. The quantitative estimate of drug-likeness (QED) is 0.853. The van der Waals surface area contributed by atoms with Crippen LogP contribution in [0.25, 0.3) is 0 Å². The highest BCUT2D eigenvalue weighted by molar-refractivity contribution is 5.79. The van der Waals surface area contributed by atoms with E-state index >= 15 is 0 Å². The lowest BCUT2D eigenvalue weighted by Crippen LogP contribution is -2.49. The van der Waals surface area contributed by atoms with Gasteiger partial charge in [-0.1, -0.05) is 24.9 Å². The number of likely N-dealkylation sites (tertiary alicyclic amines) is 1. The molecule has 1 atom stereocenters. The lowest BCUT2D eigenvalue weighted by Gasteiger charge is -2.39. The van der Waals surface area contributed by atoms with E-state index in [4.69, 9.17) is 9.26 Å². The molecule has 1 aromatic rings. The number of aromatic nitrogens is 2. The van der Waals surface area contributed by atoms with Crippen LogP contribution in [0.15, 0.2) is 4.52 Å². The Morgan fingerprint density at radius 1 is 1.41 bits per heavy atom. The maximum absolute atomic E-state index is 12.7. The molecule has 1 aromatic heterocycles. The van der Waals surface area contributed by atoms with Gasteiger partial charge in [0.25, 0.3) is 5.89 Å². The van der Waals surface area contributed by atoms with Crippen molar-refractivity contribution in [3.8, 4) is 0 Å². The highest BCUT2D eigenvalue weighted by atomic mass is 16.5. The van der Waals surface area contributed by atoms with Gasteiger partial charge in [0.1, 0.15) is 6.61 Å². The molecule has 2 aliphatic rings. The van der Waals surface area contributed by atoms with Crippen LogP contribution in [-0.4, -0.2) is 41.1 Å². The molecule has 1 aliphatic heterocycles. The van der Waals surface area contributed by atoms with Crippen LogP contribution in [-0.2, 0) is 21.6 Å². The maximum atomic E-state index is 12.7. The first-order chi connectivity index (χ1) is 10.6. The molecule has 0 N–H and O–H groups in total. The second kappa shape index (κ2) is 6.36. The van der Waals surface area contributed by atoms with Gasteiger partial charge in [0.05, 0.1) is 0 Å². The molecule has 0 radical (unpaired) electrons. The summed E-state index contributed by atoms with van der Waals surface area (Å²) in [5, 5.41) is 4.12. The van der Waals surface area contributed by atoms with E-state index in [0.29, 0.717) is 30.8 Å². The summed E-state index contributed by atoms with van der Waals surface area (Å²) in [6.07, 6.45) is 6.44. The van der Waals surface area contributed by atoms with Crippen LogP contribution in [0.1, 0.15) is 57.2 Å². The van der Waals surface area contributed by atoms with Crippen molar-refractivity contribution in [3.05, 3.63) is 11.7 Å². The van der Waals surface area contributed by atoms with Crippen LogP contribution in [0.5, 0.6) is 0 Å². The number of rotatable bonds is 4. The van der Waals surface area contributed by atoms with Crippen molar-refractivity contribution in [3.63, 3.8) is 0 Å². The molecule has 1 aliphatic carbocycles. The van der Waals surface area contributed by atoms with Gasteiger partial charge in [0.15, 0.2) is 5.82 Å². The van der Waals surface area contributed by atoms with Crippen molar-refractivity contribution < 1.29 is 14.1 Å². The predicted octanol–water partition coefficient (Wildman–Crippen LogP) is 2.29. The first kappa shape index (κ1) is 15.5. The van der Waals surface area contributed by atoms with E-state index in [9.17, 15) is 4.79 Å². The minimum absolute atomic E-state index is 0.220. The van der Waals surface area contributed by atoms with E-state index < -0.39 is 0 Å². The van der Waals surface area contributed by atoms with Crippen LogP contribution in [0.3, 0.4) is 0 Å². The van der Waals surface area contributed by atoms with Gasteiger partial charge in [0, 0.05) is 31.5 Å². The molecule has 0 bridgehead atoms. The molecule has 0 spiro atoms. The summed E-state index contributed by atoms with van der Waals surface area (Å²) in [7, 11) is 1.61. The molecule has 6 heteroatoms. The van der Waals surface area contributed by atoms with E-state index in [1.54, 1.807) is 7.11 Å². The van der Waals surface area contributed by atoms with Crippen LogP contribution < -0.4 is 0 Å². The molecule has 6 nitrogen and oxygen atoms in total. The second-order valence-electron chi connectivity index (χ2n) is 6.85. The Morgan fingerprint density at radius 2 is 2.18 bits per heavy atom. The van der Waals surface area contributed by atoms with Crippen molar-refractivity contribution in [2.24, 2.45) is 5.92 Å². The molecule has 2 heterocycles.